The first-order valence-electron chi connectivity index (χ1n) is 5.67. The normalized spacial score (nSPS) is 23.1. The number of nitrogens with zero attached hydrogens (tertiary/aromatic N) is 1. The Morgan fingerprint density at radius 3 is 2.71 bits per heavy atom. The summed E-state index contributed by atoms with van der Waals surface area (Å²) in [5, 5.41) is 11.9. The van der Waals surface area contributed by atoms with Crippen LogP contribution < -0.4 is 5.32 Å². The molecule has 1 saturated carbocycles. The quantitative estimate of drug-likeness (QED) is 0.842. The van der Waals surface area contributed by atoms with Crippen LogP contribution in [0.15, 0.2) is 24.3 Å². The van der Waals surface area contributed by atoms with Gasteiger partial charge in [-0.2, -0.15) is 5.26 Å². The second-order valence-electron chi connectivity index (χ2n) is 4.25. The number of carbonyl (C=O) groups is 1. The molecule has 0 heterocycles. The van der Waals surface area contributed by atoms with Crippen molar-refractivity contribution < 1.29 is 4.79 Å². The maximum Gasteiger partial charge on any atom is 0.251 e. The van der Waals surface area contributed by atoms with Gasteiger partial charge in [-0.25, -0.2) is 0 Å². The van der Waals surface area contributed by atoms with Crippen molar-refractivity contribution >= 4 is 28.5 Å². The highest BCUT2D eigenvalue weighted by Crippen LogP contribution is 2.25. The Morgan fingerprint density at radius 1 is 1.35 bits per heavy atom. The molecule has 0 spiro atoms. The van der Waals surface area contributed by atoms with Crippen LogP contribution in [-0.4, -0.2) is 11.9 Å². The second kappa shape index (κ2) is 5.50. The molecule has 0 bridgehead atoms. The summed E-state index contributed by atoms with van der Waals surface area (Å²) < 4.78 is 1.11. The summed E-state index contributed by atoms with van der Waals surface area (Å²) in [6.45, 7) is 0. The van der Waals surface area contributed by atoms with Crippen LogP contribution in [0.3, 0.4) is 0 Å². The van der Waals surface area contributed by atoms with Gasteiger partial charge in [0, 0.05) is 15.2 Å². The van der Waals surface area contributed by atoms with Crippen LogP contribution in [0.4, 0.5) is 0 Å². The maximum absolute atomic E-state index is 12.0. The van der Waals surface area contributed by atoms with Gasteiger partial charge in [0.2, 0.25) is 0 Å². The second-order valence-corrected chi connectivity index (χ2v) is 5.50. The lowest BCUT2D eigenvalue weighted by Gasteiger charge is -2.15. The molecule has 1 aliphatic rings. The minimum absolute atomic E-state index is 0.0202. The minimum Gasteiger partial charge on any atom is -0.348 e. The molecule has 1 aliphatic carbocycles. The molecule has 2 rings (SSSR count). The fourth-order valence-electron chi connectivity index (χ4n) is 2.14. The molecular formula is C13H13IN2O. The van der Waals surface area contributed by atoms with Crippen LogP contribution in [0.2, 0.25) is 0 Å². The number of nitriles is 1. The van der Waals surface area contributed by atoms with Gasteiger partial charge in [0.25, 0.3) is 5.91 Å². The summed E-state index contributed by atoms with van der Waals surface area (Å²) in [5.74, 6) is -0.101. The van der Waals surface area contributed by atoms with Crippen LogP contribution in [0.25, 0.3) is 0 Å². The molecule has 0 radical (unpaired) electrons. The zero-order valence-corrected chi connectivity index (χ0v) is 11.5. The average Bonchev–Trinajstić information content (AvgIpc) is 2.77. The first-order chi connectivity index (χ1) is 8.20. The number of benzene rings is 1. The average molecular weight is 340 g/mol. The van der Waals surface area contributed by atoms with Crippen LogP contribution in [0.5, 0.6) is 0 Å². The van der Waals surface area contributed by atoms with Crippen molar-refractivity contribution in [1.82, 2.24) is 5.32 Å². The number of carbonyl (C=O) groups excluding carboxylic acids is 1. The predicted molar refractivity (Wildman–Crippen MR) is 73.4 cm³/mol. The van der Waals surface area contributed by atoms with Gasteiger partial charge in [0.1, 0.15) is 0 Å². The Balaban J connectivity index is 2.02. The molecular weight excluding hydrogens is 327 g/mol. The fraction of sp³-hybridized carbons (Fsp3) is 0.385. The van der Waals surface area contributed by atoms with E-state index in [1.807, 2.05) is 24.3 Å². The monoisotopic (exact) mass is 340 g/mol. The summed E-state index contributed by atoms with van der Waals surface area (Å²) in [5.41, 5.74) is 0.661. The van der Waals surface area contributed by atoms with Gasteiger partial charge in [0.05, 0.1) is 12.0 Å². The molecule has 1 N–H and O–H groups in total. The SMILES string of the molecule is N#CC1CCCC1NC(=O)c1ccc(I)cc1. The van der Waals surface area contributed by atoms with Crippen molar-refractivity contribution in [3.05, 3.63) is 33.4 Å². The van der Waals surface area contributed by atoms with E-state index < -0.39 is 0 Å². The van der Waals surface area contributed by atoms with Gasteiger partial charge in [0.15, 0.2) is 0 Å². The number of halogens is 1. The molecule has 0 aliphatic heterocycles. The standard InChI is InChI=1S/C13H13IN2O/c14-11-6-4-9(5-7-11)13(17)16-12-3-1-2-10(12)8-15/h4-7,10,12H,1-3H2,(H,16,17). The number of nitrogens with one attached hydrogen (secondary N) is 1. The van der Waals surface area contributed by atoms with E-state index in [0.29, 0.717) is 5.56 Å². The Hall–Kier alpha value is -1.09. The number of rotatable bonds is 2. The zero-order chi connectivity index (χ0) is 12.3. The van der Waals surface area contributed by atoms with Gasteiger partial charge in [-0.3, -0.25) is 4.79 Å². The van der Waals surface area contributed by atoms with E-state index in [4.69, 9.17) is 5.26 Å². The highest BCUT2D eigenvalue weighted by atomic mass is 127. The summed E-state index contributed by atoms with van der Waals surface area (Å²) in [7, 11) is 0. The Morgan fingerprint density at radius 2 is 2.06 bits per heavy atom. The summed E-state index contributed by atoms with van der Waals surface area (Å²) in [6, 6.07) is 9.73. The lowest BCUT2D eigenvalue weighted by Crippen LogP contribution is -2.36. The molecule has 2 atom stereocenters. The number of hydrogen-bond donors (Lipinski definition) is 1. The third kappa shape index (κ3) is 2.97. The molecule has 0 aromatic heterocycles. The highest BCUT2D eigenvalue weighted by molar-refractivity contribution is 14.1. The van der Waals surface area contributed by atoms with Crippen LogP contribution in [0, 0.1) is 20.8 Å². The lowest BCUT2D eigenvalue weighted by molar-refractivity contribution is 0.0933. The van der Waals surface area contributed by atoms with Gasteiger partial charge in [-0.1, -0.05) is 0 Å². The fourth-order valence-corrected chi connectivity index (χ4v) is 2.50. The van der Waals surface area contributed by atoms with Gasteiger partial charge in [-0.05, 0) is 66.1 Å². The van der Waals surface area contributed by atoms with E-state index in [-0.39, 0.29) is 17.9 Å². The van der Waals surface area contributed by atoms with E-state index in [2.05, 4.69) is 34.0 Å². The molecule has 0 saturated heterocycles. The predicted octanol–water partition coefficient (Wildman–Crippen LogP) is 2.71. The van der Waals surface area contributed by atoms with Crippen molar-refractivity contribution in [2.75, 3.05) is 0 Å². The van der Waals surface area contributed by atoms with Crippen LogP contribution >= 0.6 is 22.6 Å². The Bertz CT molecular complexity index is 449. The first kappa shape index (κ1) is 12.4. The third-order valence-corrected chi connectivity index (χ3v) is 3.82. The maximum atomic E-state index is 12.0. The van der Waals surface area contributed by atoms with Crippen molar-refractivity contribution in [1.29, 1.82) is 5.26 Å². The summed E-state index contributed by atoms with van der Waals surface area (Å²) in [4.78, 5) is 12.0. The van der Waals surface area contributed by atoms with E-state index in [9.17, 15) is 4.79 Å². The summed E-state index contributed by atoms with van der Waals surface area (Å²) in [6.07, 6.45) is 2.83. The molecule has 4 heteroatoms. The van der Waals surface area contributed by atoms with E-state index in [1.165, 1.54) is 0 Å². The van der Waals surface area contributed by atoms with E-state index in [0.717, 1.165) is 22.8 Å². The third-order valence-electron chi connectivity index (χ3n) is 3.10. The van der Waals surface area contributed by atoms with Crippen LogP contribution in [-0.2, 0) is 0 Å². The Labute approximate surface area is 114 Å². The first-order valence-corrected chi connectivity index (χ1v) is 6.74. The lowest BCUT2D eigenvalue weighted by atomic mass is 10.1. The topological polar surface area (TPSA) is 52.9 Å². The molecule has 1 amide bonds. The van der Waals surface area contributed by atoms with Crippen molar-refractivity contribution in [2.45, 2.75) is 25.3 Å². The van der Waals surface area contributed by atoms with Gasteiger partial charge >= 0.3 is 0 Å². The highest BCUT2D eigenvalue weighted by Gasteiger charge is 2.28. The van der Waals surface area contributed by atoms with Crippen LogP contribution in [0.1, 0.15) is 29.6 Å². The van der Waals surface area contributed by atoms with Gasteiger partial charge in [-0.15, -0.1) is 0 Å². The van der Waals surface area contributed by atoms with Gasteiger partial charge < -0.3 is 5.32 Å². The zero-order valence-electron chi connectivity index (χ0n) is 9.32. The molecule has 17 heavy (non-hydrogen) atoms. The molecule has 1 aromatic carbocycles. The molecule has 3 nitrogen and oxygen atoms in total. The van der Waals surface area contributed by atoms with Crippen molar-refractivity contribution in [3.8, 4) is 6.07 Å². The molecule has 2 unspecified atom stereocenters. The molecule has 1 aromatic rings. The molecule has 1 fully saturated rings. The number of hydrogen-bond acceptors (Lipinski definition) is 2. The van der Waals surface area contributed by atoms with E-state index in [1.54, 1.807) is 0 Å². The largest absolute Gasteiger partial charge is 0.348 e. The van der Waals surface area contributed by atoms with Crippen molar-refractivity contribution in [3.63, 3.8) is 0 Å². The Kier molecular flexibility index (Phi) is 4.00. The number of amides is 1. The van der Waals surface area contributed by atoms with Crippen molar-refractivity contribution in [2.24, 2.45) is 5.92 Å². The van der Waals surface area contributed by atoms with E-state index >= 15 is 0 Å². The minimum atomic E-state index is -0.0754. The summed E-state index contributed by atoms with van der Waals surface area (Å²) >= 11 is 2.20. The smallest absolute Gasteiger partial charge is 0.251 e. The molecule has 88 valence electrons.